The molecule has 3 atom stereocenters. The van der Waals surface area contributed by atoms with E-state index in [1.165, 1.54) is 18.4 Å². The number of amides is 1. The number of hydrogen-bond acceptors (Lipinski definition) is 3. The van der Waals surface area contributed by atoms with E-state index in [0.717, 1.165) is 24.9 Å². The molecule has 0 spiro atoms. The molecule has 1 saturated carbocycles. The smallest absolute Gasteiger partial charge is 0.410 e. The quantitative estimate of drug-likeness (QED) is 0.773. The van der Waals surface area contributed by atoms with Crippen molar-refractivity contribution in [3.05, 3.63) is 47.7 Å². The number of rotatable bonds is 3. The van der Waals surface area contributed by atoms with E-state index in [1.54, 1.807) is 7.11 Å². The molecule has 130 valence electrons. The molecule has 0 aromatic heterocycles. The molecule has 0 unspecified atom stereocenters. The minimum atomic E-state index is -0.187. The number of allylic oxidation sites excluding steroid dienone is 1. The topological polar surface area (TPSA) is 38.8 Å². The van der Waals surface area contributed by atoms with E-state index >= 15 is 0 Å². The predicted molar refractivity (Wildman–Crippen MR) is 93.3 cm³/mol. The van der Waals surface area contributed by atoms with Gasteiger partial charge in [0.15, 0.2) is 0 Å². The summed E-state index contributed by atoms with van der Waals surface area (Å²) in [4.78, 5) is 14.4. The van der Waals surface area contributed by atoms with E-state index in [-0.39, 0.29) is 12.1 Å². The molecule has 0 N–H and O–H groups in total. The van der Waals surface area contributed by atoms with Crippen molar-refractivity contribution in [3.63, 3.8) is 0 Å². The summed E-state index contributed by atoms with van der Waals surface area (Å²) in [5, 5.41) is 0. The third kappa shape index (κ3) is 3.58. The van der Waals surface area contributed by atoms with Gasteiger partial charge in [0, 0.05) is 12.6 Å². The highest BCUT2D eigenvalue weighted by Crippen LogP contribution is 2.43. The first-order chi connectivity index (χ1) is 11.7. The normalized spacial score (nSPS) is 28.3. The largest absolute Gasteiger partial charge is 0.504 e. The Hall–Kier alpha value is -1.97. The monoisotopic (exact) mass is 329 g/mol. The van der Waals surface area contributed by atoms with Crippen molar-refractivity contribution in [1.82, 2.24) is 4.90 Å². The number of carbonyl (C=O) groups is 1. The van der Waals surface area contributed by atoms with Gasteiger partial charge in [-0.05, 0) is 55.6 Å². The zero-order valence-corrected chi connectivity index (χ0v) is 14.6. The molecule has 0 bridgehead atoms. The zero-order valence-electron chi connectivity index (χ0n) is 14.6. The van der Waals surface area contributed by atoms with Crippen LogP contribution in [0.25, 0.3) is 0 Å². The van der Waals surface area contributed by atoms with Crippen molar-refractivity contribution in [2.75, 3.05) is 13.7 Å². The summed E-state index contributed by atoms with van der Waals surface area (Å²) in [6, 6.07) is 10.1. The van der Waals surface area contributed by atoms with Gasteiger partial charge in [0.05, 0.1) is 13.4 Å². The van der Waals surface area contributed by atoms with Crippen LogP contribution in [-0.2, 0) is 16.1 Å². The van der Waals surface area contributed by atoms with Gasteiger partial charge < -0.3 is 14.4 Å². The number of carbonyl (C=O) groups excluding carboxylic acids is 1. The van der Waals surface area contributed by atoms with Crippen molar-refractivity contribution in [1.29, 1.82) is 0 Å². The Morgan fingerprint density at radius 1 is 1.29 bits per heavy atom. The Labute approximate surface area is 144 Å². The van der Waals surface area contributed by atoms with E-state index in [2.05, 4.69) is 6.92 Å². The number of fused-ring (bicyclic) bond motifs is 1. The van der Waals surface area contributed by atoms with Gasteiger partial charge in [-0.15, -0.1) is 0 Å². The third-order valence-electron chi connectivity index (χ3n) is 5.50. The molecule has 1 heterocycles. The van der Waals surface area contributed by atoms with Crippen molar-refractivity contribution in [3.8, 4) is 0 Å². The summed E-state index contributed by atoms with van der Waals surface area (Å²) >= 11 is 0. The van der Waals surface area contributed by atoms with Gasteiger partial charge in [-0.1, -0.05) is 30.3 Å². The molecule has 1 aliphatic carbocycles. The Bertz CT molecular complexity index is 584. The molecule has 2 aliphatic rings. The predicted octanol–water partition coefficient (Wildman–Crippen LogP) is 4.36. The second-order valence-corrected chi connectivity index (χ2v) is 6.85. The minimum Gasteiger partial charge on any atom is -0.504 e. The molecule has 24 heavy (non-hydrogen) atoms. The second kappa shape index (κ2) is 7.73. The van der Waals surface area contributed by atoms with Crippen molar-refractivity contribution in [2.24, 2.45) is 11.8 Å². The molecular formula is C20H27NO3. The maximum atomic E-state index is 12.5. The van der Waals surface area contributed by atoms with Crippen LogP contribution >= 0.6 is 0 Å². The molecule has 1 saturated heterocycles. The molecule has 1 aromatic rings. The maximum Gasteiger partial charge on any atom is 0.410 e. The lowest BCUT2D eigenvalue weighted by molar-refractivity contribution is 0.0310. The van der Waals surface area contributed by atoms with Gasteiger partial charge in [0.1, 0.15) is 6.61 Å². The first kappa shape index (κ1) is 16.9. The third-order valence-corrected chi connectivity index (χ3v) is 5.50. The van der Waals surface area contributed by atoms with Crippen LogP contribution in [0.1, 0.15) is 38.2 Å². The van der Waals surface area contributed by atoms with Gasteiger partial charge in [0.25, 0.3) is 0 Å². The SMILES string of the molecule is CO/C=C1\CCC[C@H]2[C@H]1CCN(C(=O)OCc1ccccc1)[C@H]2C. The summed E-state index contributed by atoms with van der Waals surface area (Å²) in [6.07, 6.45) is 6.22. The van der Waals surface area contributed by atoms with E-state index in [0.29, 0.717) is 18.4 Å². The molecule has 3 rings (SSSR count). The average Bonchev–Trinajstić information content (AvgIpc) is 2.62. The molecule has 1 aromatic carbocycles. The number of ether oxygens (including phenoxy) is 2. The highest BCUT2D eigenvalue weighted by molar-refractivity contribution is 5.68. The number of methoxy groups -OCH3 is 1. The fourth-order valence-corrected chi connectivity index (χ4v) is 4.25. The zero-order chi connectivity index (χ0) is 16.9. The Kier molecular flexibility index (Phi) is 5.44. The number of nitrogens with zero attached hydrogens (tertiary/aromatic N) is 1. The second-order valence-electron chi connectivity index (χ2n) is 6.85. The van der Waals surface area contributed by atoms with Crippen molar-refractivity contribution in [2.45, 2.75) is 45.3 Å². The van der Waals surface area contributed by atoms with Crippen LogP contribution in [0.3, 0.4) is 0 Å². The van der Waals surface area contributed by atoms with E-state index in [4.69, 9.17) is 9.47 Å². The highest BCUT2D eigenvalue weighted by atomic mass is 16.6. The van der Waals surface area contributed by atoms with Crippen LogP contribution in [0.4, 0.5) is 4.79 Å². The minimum absolute atomic E-state index is 0.187. The van der Waals surface area contributed by atoms with Crippen LogP contribution in [0.15, 0.2) is 42.2 Å². The van der Waals surface area contributed by atoms with Crippen molar-refractivity contribution < 1.29 is 14.3 Å². The van der Waals surface area contributed by atoms with Crippen LogP contribution in [0.5, 0.6) is 0 Å². The Morgan fingerprint density at radius 2 is 2.08 bits per heavy atom. The van der Waals surface area contributed by atoms with Gasteiger partial charge in [-0.25, -0.2) is 4.79 Å². The van der Waals surface area contributed by atoms with Crippen LogP contribution in [0, 0.1) is 11.8 Å². The maximum absolute atomic E-state index is 12.5. The summed E-state index contributed by atoms with van der Waals surface area (Å²) in [5.74, 6) is 1.06. The van der Waals surface area contributed by atoms with Crippen LogP contribution in [0.2, 0.25) is 0 Å². The summed E-state index contributed by atoms with van der Waals surface area (Å²) in [6.45, 7) is 3.26. The van der Waals surface area contributed by atoms with Gasteiger partial charge >= 0.3 is 6.09 Å². The molecule has 1 amide bonds. The number of benzene rings is 1. The summed E-state index contributed by atoms with van der Waals surface area (Å²) in [5.41, 5.74) is 2.44. The van der Waals surface area contributed by atoms with E-state index in [9.17, 15) is 4.79 Å². The first-order valence-corrected chi connectivity index (χ1v) is 8.89. The lowest BCUT2D eigenvalue weighted by atomic mass is 9.69. The van der Waals surface area contributed by atoms with Crippen LogP contribution < -0.4 is 0 Å². The molecule has 0 radical (unpaired) electrons. The Morgan fingerprint density at radius 3 is 2.83 bits per heavy atom. The lowest BCUT2D eigenvalue weighted by Crippen LogP contribution is -2.51. The highest BCUT2D eigenvalue weighted by Gasteiger charge is 2.41. The number of piperidine rings is 1. The van der Waals surface area contributed by atoms with E-state index < -0.39 is 0 Å². The van der Waals surface area contributed by atoms with Gasteiger partial charge in [0.2, 0.25) is 0 Å². The lowest BCUT2D eigenvalue weighted by Gasteiger charge is -2.46. The fraction of sp³-hybridized carbons (Fsp3) is 0.550. The van der Waals surface area contributed by atoms with Crippen LogP contribution in [-0.4, -0.2) is 30.7 Å². The molecule has 2 fully saturated rings. The van der Waals surface area contributed by atoms with Gasteiger partial charge in [-0.2, -0.15) is 0 Å². The molecular weight excluding hydrogens is 302 g/mol. The van der Waals surface area contributed by atoms with Crippen molar-refractivity contribution >= 4 is 6.09 Å². The summed E-state index contributed by atoms with van der Waals surface area (Å²) in [7, 11) is 1.72. The molecule has 4 heteroatoms. The molecule has 4 nitrogen and oxygen atoms in total. The van der Waals surface area contributed by atoms with E-state index in [1.807, 2.05) is 41.5 Å². The summed E-state index contributed by atoms with van der Waals surface area (Å²) < 4.78 is 10.8. The standard InChI is InChI=1S/C20H27NO3/c1-15-18-10-6-9-17(14-23-2)19(18)11-12-21(15)20(22)24-13-16-7-4-3-5-8-16/h3-5,7-8,14-15,18-19H,6,9-13H2,1-2H3/b17-14+/t15-,18+,19-/m0/s1. The number of hydrogen-bond donors (Lipinski definition) is 0. The first-order valence-electron chi connectivity index (χ1n) is 8.89. The number of likely N-dealkylation sites (tertiary alicyclic amines) is 1. The van der Waals surface area contributed by atoms with Gasteiger partial charge in [-0.3, -0.25) is 0 Å². The molecule has 1 aliphatic heterocycles. The fourth-order valence-electron chi connectivity index (χ4n) is 4.25. The Balaban J connectivity index is 1.61. The average molecular weight is 329 g/mol.